The molecule has 0 aromatic heterocycles. The molecule has 1 aromatic carbocycles. The van der Waals surface area contributed by atoms with E-state index in [2.05, 4.69) is 4.90 Å². The van der Waals surface area contributed by atoms with Crippen LogP contribution in [-0.2, 0) is 6.54 Å². The summed E-state index contributed by atoms with van der Waals surface area (Å²) in [6, 6.07) is 3.21. The number of nitrogens with two attached hydrogens (primary N) is 1. The molecule has 1 aliphatic rings. The fraction of sp³-hybridized carbons (Fsp3) is 0.600. The van der Waals surface area contributed by atoms with Crippen LogP contribution in [0.4, 0.5) is 5.69 Å². The van der Waals surface area contributed by atoms with E-state index in [0.717, 1.165) is 31.5 Å². The standard InChI is InChI=1S/C15H23N3O4/c1-10(16)12-4-3-5-17(9-12)8-11-6-13(18(20)21)15(19)14(7-11)22-2/h6-7,10,12,19H,3-5,8-9,16H2,1-2H3/t10-,12-/m0/s1. The molecule has 2 atom stereocenters. The van der Waals surface area contributed by atoms with Gasteiger partial charge < -0.3 is 15.6 Å². The van der Waals surface area contributed by atoms with Crippen molar-refractivity contribution >= 4 is 5.69 Å². The molecule has 0 aliphatic carbocycles. The number of likely N-dealkylation sites (tertiary alicyclic amines) is 1. The third-order valence-electron chi connectivity index (χ3n) is 4.22. The van der Waals surface area contributed by atoms with Gasteiger partial charge in [0.15, 0.2) is 5.75 Å². The molecular formula is C15H23N3O4. The fourth-order valence-electron chi connectivity index (χ4n) is 2.96. The van der Waals surface area contributed by atoms with Crippen molar-refractivity contribution < 1.29 is 14.8 Å². The molecule has 1 aromatic rings. The van der Waals surface area contributed by atoms with Crippen molar-refractivity contribution in [3.8, 4) is 11.5 Å². The number of rotatable bonds is 5. The highest BCUT2D eigenvalue weighted by molar-refractivity contribution is 5.57. The molecule has 7 heteroatoms. The van der Waals surface area contributed by atoms with Gasteiger partial charge in [-0.1, -0.05) is 0 Å². The largest absolute Gasteiger partial charge is 0.500 e. The van der Waals surface area contributed by atoms with Gasteiger partial charge in [0.1, 0.15) is 0 Å². The first-order valence-corrected chi connectivity index (χ1v) is 7.44. The van der Waals surface area contributed by atoms with Gasteiger partial charge in [-0.05, 0) is 43.9 Å². The van der Waals surface area contributed by atoms with E-state index in [1.807, 2.05) is 6.92 Å². The zero-order chi connectivity index (χ0) is 16.3. The zero-order valence-corrected chi connectivity index (χ0v) is 13.0. The van der Waals surface area contributed by atoms with Gasteiger partial charge in [-0.2, -0.15) is 0 Å². The molecule has 1 saturated heterocycles. The molecule has 22 heavy (non-hydrogen) atoms. The Morgan fingerprint density at radius 2 is 2.32 bits per heavy atom. The number of phenolic OH excluding ortho intramolecular Hbond substituents is 1. The van der Waals surface area contributed by atoms with Crippen molar-refractivity contribution in [1.82, 2.24) is 4.90 Å². The Morgan fingerprint density at radius 1 is 1.59 bits per heavy atom. The zero-order valence-electron chi connectivity index (χ0n) is 13.0. The van der Waals surface area contributed by atoms with Gasteiger partial charge in [0.2, 0.25) is 5.75 Å². The predicted molar refractivity (Wildman–Crippen MR) is 83.0 cm³/mol. The van der Waals surface area contributed by atoms with E-state index >= 15 is 0 Å². The lowest BCUT2D eigenvalue weighted by molar-refractivity contribution is -0.386. The lowest BCUT2D eigenvalue weighted by Crippen LogP contribution is -2.41. The SMILES string of the molecule is COc1cc(CN2CCC[C@H]([C@H](C)N)C2)cc([N+](=O)[O-])c1O. The van der Waals surface area contributed by atoms with Crippen LogP contribution in [0.3, 0.4) is 0 Å². The van der Waals surface area contributed by atoms with Crippen LogP contribution in [0.2, 0.25) is 0 Å². The second kappa shape index (κ2) is 6.93. The van der Waals surface area contributed by atoms with Gasteiger partial charge in [0.05, 0.1) is 12.0 Å². The van der Waals surface area contributed by atoms with Crippen molar-refractivity contribution in [2.45, 2.75) is 32.4 Å². The smallest absolute Gasteiger partial charge is 0.314 e. The topological polar surface area (TPSA) is 102 Å². The van der Waals surface area contributed by atoms with Crippen LogP contribution in [0.15, 0.2) is 12.1 Å². The van der Waals surface area contributed by atoms with Gasteiger partial charge in [-0.3, -0.25) is 15.0 Å². The minimum Gasteiger partial charge on any atom is -0.500 e. The van der Waals surface area contributed by atoms with Crippen LogP contribution < -0.4 is 10.5 Å². The Kier molecular flexibility index (Phi) is 5.20. The Hall–Kier alpha value is -1.86. The Balaban J connectivity index is 2.18. The first-order valence-electron chi connectivity index (χ1n) is 7.44. The summed E-state index contributed by atoms with van der Waals surface area (Å²) in [4.78, 5) is 12.7. The predicted octanol–water partition coefficient (Wildman–Crippen LogP) is 1.87. The Bertz CT molecular complexity index is 548. The normalized spacial score (nSPS) is 20.6. The highest BCUT2D eigenvalue weighted by Crippen LogP contribution is 2.37. The Morgan fingerprint density at radius 3 is 2.91 bits per heavy atom. The van der Waals surface area contributed by atoms with E-state index < -0.39 is 10.7 Å². The Labute approximate surface area is 129 Å². The van der Waals surface area contributed by atoms with Crippen LogP contribution in [0.5, 0.6) is 11.5 Å². The molecule has 1 aliphatic heterocycles. The van der Waals surface area contributed by atoms with Crippen LogP contribution in [-0.4, -0.2) is 41.2 Å². The van der Waals surface area contributed by atoms with E-state index in [4.69, 9.17) is 10.5 Å². The van der Waals surface area contributed by atoms with Gasteiger partial charge >= 0.3 is 5.69 Å². The lowest BCUT2D eigenvalue weighted by atomic mass is 9.92. The second-order valence-corrected chi connectivity index (χ2v) is 5.92. The molecule has 0 amide bonds. The first kappa shape index (κ1) is 16.5. The number of hydrogen-bond donors (Lipinski definition) is 2. The summed E-state index contributed by atoms with van der Waals surface area (Å²) in [5, 5.41) is 20.8. The average Bonchev–Trinajstić information content (AvgIpc) is 2.48. The molecule has 122 valence electrons. The molecule has 0 radical (unpaired) electrons. The van der Waals surface area contributed by atoms with E-state index in [9.17, 15) is 15.2 Å². The molecule has 0 saturated carbocycles. The van der Waals surface area contributed by atoms with Crippen LogP contribution in [0.25, 0.3) is 0 Å². The quantitative estimate of drug-likeness (QED) is 0.636. The minimum atomic E-state index is -0.595. The van der Waals surface area contributed by atoms with Crippen LogP contribution in [0, 0.1) is 16.0 Å². The first-order chi connectivity index (χ1) is 10.4. The van der Waals surface area contributed by atoms with Crippen molar-refractivity contribution in [3.63, 3.8) is 0 Å². The molecule has 0 spiro atoms. The number of nitrogens with zero attached hydrogens (tertiary/aromatic N) is 2. The summed E-state index contributed by atoms with van der Waals surface area (Å²) in [7, 11) is 1.38. The molecule has 3 N–H and O–H groups in total. The number of methoxy groups -OCH3 is 1. The van der Waals surface area contributed by atoms with Crippen molar-refractivity contribution in [2.75, 3.05) is 20.2 Å². The van der Waals surface area contributed by atoms with Gasteiger partial charge in [0.25, 0.3) is 0 Å². The van der Waals surface area contributed by atoms with Gasteiger partial charge in [-0.15, -0.1) is 0 Å². The highest BCUT2D eigenvalue weighted by Gasteiger charge is 2.25. The summed E-state index contributed by atoms with van der Waals surface area (Å²) in [5.41, 5.74) is 6.42. The number of hydrogen-bond acceptors (Lipinski definition) is 6. The monoisotopic (exact) mass is 309 g/mol. The number of piperidine rings is 1. The van der Waals surface area contributed by atoms with E-state index in [1.165, 1.54) is 13.2 Å². The summed E-state index contributed by atoms with van der Waals surface area (Å²) in [6.07, 6.45) is 2.19. The summed E-state index contributed by atoms with van der Waals surface area (Å²) >= 11 is 0. The van der Waals surface area contributed by atoms with E-state index in [1.54, 1.807) is 6.07 Å². The lowest BCUT2D eigenvalue weighted by Gasteiger charge is -2.34. The number of nitro benzene ring substituents is 1. The molecule has 7 nitrogen and oxygen atoms in total. The molecule has 2 rings (SSSR count). The maximum absolute atomic E-state index is 11.0. The van der Waals surface area contributed by atoms with Crippen molar-refractivity contribution in [3.05, 3.63) is 27.8 Å². The second-order valence-electron chi connectivity index (χ2n) is 5.92. The number of aromatic hydroxyl groups is 1. The third-order valence-corrected chi connectivity index (χ3v) is 4.22. The summed E-state index contributed by atoms with van der Waals surface area (Å²) in [5.74, 6) is 0.149. The fourth-order valence-corrected chi connectivity index (χ4v) is 2.96. The molecular weight excluding hydrogens is 286 g/mol. The van der Waals surface area contributed by atoms with Gasteiger partial charge in [0, 0.05) is 25.2 Å². The minimum absolute atomic E-state index is 0.130. The number of phenols is 1. The maximum atomic E-state index is 11.0. The number of benzene rings is 1. The maximum Gasteiger partial charge on any atom is 0.314 e. The van der Waals surface area contributed by atoms with Crippen LogP contribution in [0.1, 0.15) is 25.3 Å². The summed E-state index contributed by atoms with van der Waals surface area (Å²) < 4.78 is 5.03. The van der Waals surface area contributed by atoms with E-state index in [-0.39, 0.29) is 17.5 Å². The molecule has 1 fully saturated rings. The van der Waals surface area contributed by atoms with Crippen LogP contribution >= 0.6 is 0 Å². The molecule has 0 unspecified atom stereocenters. The van der Waals surface area contributed by atoms with Crippen molar-refractivity contribution in [1.29, 1.82) is 0 Å². The number of ether oxygens (including phenoxy) is 1. The van der Waals surface area contributed by atoms with E-state index in [0.29, 0.717) is 12.5 Å². The molecule has 1 heterocycles. The third kappa shape index (κ3) is 3.66. The summed E-state index contributed by atoms with van der Waals surface area (Å²) in [6.45, 7) is 4.43. The number of nitro groups is 1. The highest BCUT2D eigenvalue weighted by atomic mass is 16.6. The van der Waals surface area contributed by atoms with Crippen molar-refractivity contribution in [2.24, 2.45) is 11.7 Å². The van der Waals surface area contributed by atoms with Gasteiger partial charge in [-0.25, -0.2) is 0 Å². The average molecular weight is 309 g/mol. The molecule has 0 bridgehead atoms.